The second-order valence-corrected chi connectivity index (χ2v) is 22.9. The van der Waals surface area contributed by atoms with Gasteiger partial charge in [0.1, 0.15) is 24.5 Å². The Morgan fingerprint density at radius 3 is 2.21 bits per heavy atom. The first-order chi connectivity index (χ1) is 36.1. The van der Waals surface area contributed by atoms with E-state index in [-0.39, 0.29) is 89.0 Å². The average Bonchev–Trinajstić information content (AvgIpc) is 3.40. The van der Waals surface area contributed by atoms with E-state index >= 15 is 0 Å². The van der Waals surface area contributed by atoms with Gasteiger partial charge in [-0.05, 0) is 107 Å². The van der Waals surface area contributed by atoms with E-state index in [2.05, 4.69) is 0 Å². The van der Waals surface area contributed by atoms with Gasteiger partial charge in [-0.2, -0.15) is 0 Å². The summed E-state index contributed by atoms with van der Waals surface area (Å²) in [5.74, 6) is -9.21. The van der Waals surface area contributed by atoms with Gasteiger partial charge in [0.05, 0.1) is 39.9 Å². The van der Waals surface area contributed by atoms with Crippen LogP contribution in [0.5, 0.6) is 0 Å². The highest BCUT2D eigenvalue weighted by Gasteiger charge is 2.53. The number of hydrogen-bond donors (Lipinski definition) is 1. The molecule has 0 aromatic carbocycles. The number of aliphatic hydroxyl groups is 1. The minimum absolute atomic E-state index is 0.0134. The Kier molecular flexibility index (Phi) is 27.9. The van der Waals surface area contributed by atoms with Crippen LogP contribution in [-0.4, -0.2) is 156 Å². The van der Waals surface area contributed by atoms with Crippen molar-refractivity contribution in [1.29, 1.82) is 0 Å². The molecule has 1 N–H and O–H groups in total. The van der Waals surface area contributed by atoms with Crippen LogP contribution >= 0.6 is 45.2 Å². The molecular formula is C57H85I2NO16. The van der Waals surface area contributed by atoms with E-state index in [9.17, 15) is 38.7 Å². The fraction of sp³-hybridized carbons (Fsp3) is 0.737. The van der Waals surface area contributed by atoms with E-state index in [4.69, 9.17) is 37.9 Å². The molecule has 3 heterocycles. The summed E-state index contributed by atoms with van der Waals surface area (Å²) in [5.41, 5.74) is 1.30. The first-order valence-electron chi connectivity index (χ1n) is 27.0. The molecule has 15 atom stereocenters. The predicted molar refractivity (Wildman–Crippen MR) is 301 cm³/mol. The number of alkyl halides is 2. The lowest BCUT2D eigenvalue weighted by Crippen LogP contribution is -2.61. The summed E-state index contributed by atoms with van der Waals surface area (Å²) < 4.78 is 47.6. The minimum Gasteiger partial charge on any atom is -0.463 e. The molecule has 19 heteroatoms. The number of fused-ring (bicyclic) bond motifs is 3. The van der Waals surface area contributed by atoms with Gasteiger partial charge in [-0.1, -0.05) is 116 Å². The number of carbonyl (C=O) groups is 7. The van der Waals surface area contributed by atoms with Crippen LogP contribution < -0.4 is 0 Å². The lowest BCUT2D eigenvalue weighted by Gasteiger charge is -2.42. The maximum absolute atomic E-state index is 14.6. The minimum atomic E-state index is -2.46. The van der Waals surface area contributed by atoms with Crippen LogP contribution in [-0.2, 0) is 71.5 Å². The van der Waals surface area contributed by atoms with Gasteiger partial charge in [-0.15, -0.1) is 0 Å². The first-order valence-corrected chi connectivity index (χ1v) is 30.1. The molecule has 0 spiro atoms. The Morgan fingerprint density at radius 2 is 1.54 bits per heavy atom. The molecule has 17 nitrogen and oxygen atoms in total. The molecule has 1 saturated carbocycles. The summed E-state index contributed by atoms with van der Waals surface area (Å²) in [7, 11) is 4.59. The molecule has 2 bridgehead atoms. The van der Waals surface area contributed by atoms with Gasteiger partial charge >= 0.3 is 17.9 Å². The zero-order chi connectivity index (χ0) is 56.3. The van der Waals surface area contributed by atoms with Crippen molar-refractivity contribution in [2.24, 2.45) is 35.5 Å². The number of halogens is 2. The van der Waals surface area contributed by atoms with E-state index in [0.717, 1.165) is 12.0 Å². The van der Waals surface area contributed by atoms with E-state index in [1.807, 2.05) is 103 Å². The number of nitrogens with zero attached hydrogens (tertiary/aromatic N) is 1. The van der Waals surface area contributed by atoms with E-state index in [1.165, 1.54) is 12.0 Å². The summed E-state index contributed by atoms with van der Waals surface area (Å²) in [4.78, 5) is 97.9. The summed E-state index contributed by atoms with van der Waals surface area (Å²) in [6.07, 6.45) is 11.6. The van der Waals surface area contributed by atoms with Gasteiger partial charge in [0.25, 0.3) is 11.7 Å². The summed E-state index contributed by atoms with van der Waals surface area (Å²) in [5, 5.41) is 12.1. The highest BCUT2D eigenvalue weighted by atomic mass is 127. The second-order valence-electron chi connectivity index (χ2n) is 21.4. The number of allylic oxidation sites excluding steroid dienone is 6. The maximum Gasteiger partial charge on any atom is 0.329 e. The monoisotopic (exact) mass is 1290 g/mol. The van der Waals surface area contributed by atoms with Crippen molar-refractivity contribution in [2.75, 3.05) is 49.9 Å². The molecule has 0 radical (unpaired) electrons. The standard InChI is InChI=1S/C57H85I2NO16/c1-34-16-12-11-13-17-35(2)46(69-8)30-42-21-19-40(7)57(68,76-42)54(65)55(66)60-23-15-14-18-43(60)56(67)74-47(37(4)28-41-20-22-45(48(29-41)70-9)72-24-25-73-49(62)32-58)31-44(61)36(3)27-39(6)52(75-50(63)33-59)53(71-10)51(64)38(5)26-34/h11-13,16-17,27,34,36-38,40-43,45-48,52-53,68H,14-15,18-26,28-33H2,1-10H3/b13-11+,16-12-,35-17+,39-27+/t34-,36+,37+,38+,40+,41-,42-,43-,45+,46-,47?,48+,52+,53-,57+/m0/s1. The molecule has 4 rings (SSSR count). The van der Waals surface area contributed by atoms with Crippen molar-refractivity contribution in [3.05, 3.63) is 47.6 Å². The fourth-order valence-electron chi connectivity index (χ4n) is 11.0. The summed E-state index contributed by atoms with van der Waals surface area (Å²) >= 11 is 3.84. The van der Waals surface area contributed by atoms with Gasteiger partial charge in [-0.3, -0.25) is 28.8 Å². The van der Waals surface area contributed by atoms with Crippen molar-refractivity contribution in [3.63, 3.8) is 0 Å². The Hall–Kier alpha value is -2.93. The highest BCUT2D eigenvalue weighted by Crippen LogP contribution is 2.38. The largest absolute Gasteiger partial charge is 0.463 e. The Morgan fingerprint density at radius 1 is 0.816 bits per heavy atom. The van der Waals surface area contributed by atoms with Gasteiger partial charge in [0.15, 0.2) is 18.0 Å². The molecule has 3 fully saturated rings. The van der Waals surface area contributed by atoms with E-state index in [0.29, 0.717) is 63.4 Å². The molecule has 428 valence electrons. The smallest absolute Gasteiger partial charge is 0.329 e. The Bertz CT molecular complexity index is 2090. The summed E-state index contributed by atoms with van der Waals surface area (Å²) in [6, 6.07) is -1.18. The molecule has 4 aliphatic rings. The molecular weight excluding hydrogens is 1210 g/mol. The van der Waals surface area contributed by atoms with Crippen LogP contribution in [0.3, 0.4) is 0 Å². The number of ketones is 3. The Balaban J connectivity index is 1.73. The molecule has 1 unspecified atom stereocenters. The van der Waals surface area contributed by atoms with E-state index < -0.39 is 83.7 Å². The third-order valence-corrected chi connectivity index (χ3v) is 16.8. The van der Waals surface area contributed by atoms with Gasteiger partial charge < -0.3 is 47.9 Å². The lowest BCUT2D eigenvalue weighted by molar-refractivity contribution is -0.265. The van der Waals surface area contributed by atoms with Crippen LogP contribution in [0.2, 0.25) is 0 Å². The van der Waals surface area contributed by atoms with Gasteiger partial charge in [0.2, 0.25) is 5.79 Å². The maximum atomic E-state index is 14.6. The SMILES string of the molecule is CO[C@H]1C[C@@H]2CC[C@@H](C)[C@@](O)(O2)C(=O)C(=O)N2CCCC[C@H]2C(=O)OC([C@H](C)C[C@@H]2CC[C@@H](OCCOC(=O)CI)[C@H](OC)C2)CC(=O)[C@H](C)/C=C(\C)[C@@H](OC(=O)CI)[C@@H](OC)C(=O)[C@H](C)C[C@@H](C)\C=C/C=C/C=C/1C. The number of carbonyl (C=O) groups excluding carboxylic acids is 7. The number of methoxy groups -OCH3 is 3. The van der Waals surface area contributed by atoms with Crippen molar-refractivity contribution in [2.45, 2.75) is 180 Å². The molecule has 0 aromatic heterocycles. The molecule has 3 aliphatic heterocycles. The lowest BCUT2D eigenvalue weighted by atomic mass is 9.78. The quantitative estimate of drug-likeness (QED) is 0.0350. The third-order valence-electron chi connectivity index (χ3n) is 15.6. The zero-order valence-electron chi connectivity index (χ0n) is 46.3. The second kappa shape index (κ2) is 32.4. The van der Waals surface area contributed by atoms with Crippen LogP contribution in [0.1, 0.15) is 126 Å². The van der Waals surface area contributed by atoms with Crippen molar-refractivity contribution >= 4 is 86.3 Å². The topological polar surface area (TPSA) is 217 Å². The Labute approximate surface area is 478 Å². The van der Waals surface area contributed by atoms with Crippen LogP contribution in [0.25, 0.3) is 0 Å². The van der Waals surface area contributed by atoms with Crippen LogP contribution in [0.15, 0.2) is 47.6 Å². The van der Waals surface area contributed by atoms with Crippen molar-refractivity contribution in [1.82, 2.24) is 4.90 Å². The molecule has 0 aromatic rings. The van der Waals surface area contributed by atoms with Crippen molar-refractivity contribution in [3.8, 4) is 0 Å². The number of ether oxygens (including phenoxy) is 8. The predicted octanol–water partition coefficient (Wildman–Crippen LogP) is 8.17. The number of piperidine rings is 1. The number of esters is 3. The van der Waals surface area contributed by atoms with Gasteiger partial charge in [-0.25, -0.2) is 4.79 Å². The highest BCUT2D eigenvalue weighted by molar-refractivity contribution is 14.1. The third kappa shape index (κ3) is 18.8. The molecule has 2 saturated heterocycles. The first kappa shape index (κ1) is 65.6. The van der Waals surface area contributed by atoms with Crippen LogP contribution in [0, 0.1) is 35.5 Å². The van der Waals surface area contributed by atoms with Crippen LogP contribution in [0.4, 0.5) is 0 Å². The number of rotatable bonds is 13. The van der Waals surface area contributed by atoms with Crippen molar-refractivity contribution < 1.29 is 76.6 Å². The summed E-state index contributed by atoms with van der Waals surface area (Å²) in [6.45, 7) is 13.1. The molecule has 1 amide bonds. The zero-order valence-corrected chi connectivity index (χ0v) is 50.7. The fourth-order valence-corrected chi connectivity index (χ4v) is 11.4. The molecule has 1 aliphatic carbocycles. The normalized spacial score (nSPS) is 36.1. The number of cyclic esters (lactones) is 1. The van der Waals surface area contributed by atoms with Gasteiger partial charge in [0, 0.05) is 58.5 Å². The van der Waals surface area contributed by atoms with E-state index in [1.54, 1.807) is 41.1 Å². The number of amides is 1. The number of Topliss-reactive ketones (excluding diaryl/α,β-unsaturated/α-hetero) is 3. The molecule has 76 heavy (non-hydrogen) atoms. The average molecular weight is 1290 g/mol. The number of hydrogen-bond acceptors (Lipinski definition) is 16.